The number of nitrogens with zero attached hydrogens (tertiary/aromatic N) is 2. The van der Waals surface area contributed by atoms with Crippen LogP contribution < -0.4 is 5.73 Å². The van der Waals surface area contributed by atoms with Gasteiger partial charge >= 0.3 is 0 Å². The van der Waals surface area contributed by atoms with E-state index < -0.39 is 6.04 Å². The summed E-state index contributed by atoms with van der Waals surface area (Å²) in [6.45, 7) is 1.66. The van der Waals surface area contributed by atoms with Crippen LogP contribution >= 0.6 is 11.6 Å². The normalized spacial score (nSPS) is 13.2. The predicted molar refractivity (Wildman–Crippen MR) is 66.4 cm³/mol. The average molecular weight is 256 g/mol. The minimum atomic E-state index is -0.510. The molecule has 0 aromatic heterocycles. The zero-order valence-electron chi connectivity index (χ0n) is 9.59. The molecule has 1 rings (SSSR count). The monoisotopic (exact) mass is 255 g/mol. The molecule has 0 saturated carbocycles. The molecule has 0 spiro atoms. The fourth-order valence-corrected chi connectivity index (χ4v) is 1.50. The number of rotatable bonds is 3. The number of hydrogen-bond donors (Lipinski definition) is 2. The van der Waals surface area contributed by atoms with E-state index in [1.807, 2.05) is 0 Å². The summed E-state index contributed by atoms with van der Waals surface area (Å²) in [5.41, 5.74) is 5.83. The average Bonchev–Trinajstić information content (AvgIpc) is 2.35. The highest BCUT2D eigenvalue weighted by atomic mass is 35.5. The molecule has 6 heteroatoms. The molecule has 3 N–H and O–H groups in total. The molecular formula is C11H14ClN3O2. The van der Waals surface area contributed by atoms with Crippen LogP contribution in [0.4, 0.5) is 0 Å². The Morgan fingerprint density at radius 3 is 2.65 bits per heavy atom. The first-order valence-corrected chi connectivity index (χ1v) is 5.36. The third kappa shape index (κ3) is 2.88. The molecule has 0 aliphatic rings. The molecule has 1 amide bonds. The number of carbonyl (C=O) groups is 1. The van der Waals surface area contributed by atoms with Crippen LogP contribution in [0.3, 0.4) is 0 Å². The van der Waals surface area contributed by atoms with Crippen LogP contribution in [-0.4, -0.2) is 34.9 Å². The van der Waals surface area contributed by atoms with Gasteiger partial charge in [-0.2, -0.15) is 0 Å². The number of halogens is 1. The molecule has 5 nitrogen and oxygen atoms in total. The van der Waals surface area contributed by atoms with Gasteiger partial charge in [0.2, 0.25) is 0 Å². The largest absolute Gasteiger partial charge is 0.409 e. The molecule has 1 unspecified atom stereocenters. The van der Waals surface area contributed by atoms with Gasteiger partial charge in [-0.25, -0.2) is 0 Å². The first-order valence-electron chi connectivity index (χ1n) is 4.98. The molecule has 0 bridgehead atoms. The quantitative estimate of drug-likeness (QED) is 0.372. The Hall–Kier alpha value is -1.75. The Morgan fingerprint density at radius 2 is 2.12 bits per heavy atom. The van der Waals surface area contributed by atoms with E-state index in [0.717, 1.165) is 0 Å². The van der Waals surface area contributed by atoms with E-state index in [9.17, 15) is 4.79 Å². The van der Waals surface area contributed by atoms with Crippen molar-refractivity contribution in [3.8, 4) is 0 Å². The zero-order chi connectivity index (χ0) is 13.0. The van der Waals surface area contributed by atoms with Crippen LogP contribution in [0.15, 0.2) is 29.4 Å². The van der Waals surface area contributed by atoms with Crippen LogP contribution in [-0.2, 0) is 0 Å². The molecule has 0 aliphatic carbocycles. The Balaban J connectivity index is 2.95. The molecule has 0 radical (unpaired) electrons. The molecule has 92 valence electrons. The lowest BCUT2D eigenvalue weighted by molar-refractivity contribution is 0.0776. The molecule has 1 aromatic carbocycles. The summed E-state index contributed by atoms with van der Waals surface area (Å²) in [4.78, 5) is 13.4. The van der Waals surface area contributed by atoms with Gasteiger partial charge in [-0.3, -0.25) is 4.79 Å². The highest BCUT2D eigenvalue weighted by Gasteiger charge is 2.21. The predicted octanol–water partition coefficient (Wildman–Crippen LogP) is 1.55. The number of oxime groups is 1. The van der Waals surface area contributed by atoms with E-state index in [4.69, 9.17) is 22.5 Å². The molecule has 0 fully saturated rings. The SMILES string of the molecule is CC(C(N)=NO)N(C)C(=O)c1ccccc1Cl. The van der Waals surface area contributed by atoms with Crippen molar-refractivity contribution < 1.29 is 10.0 Å². The Bertz CT molecular complexity index is 448. The van der Waals surface area contributed by atoms with Gasteiger partial charge in [0.05, 0.1) is 16.6 Å². The van der Waals surface area contributed by atoms with Crippen LogP contribution in [0, 0.1) is 0 Å². The molecule has 17 heavy (non-hydrogen) atoms. The smallest absolute Gasteiger partial charge is 0.255 e. The van der Waals surface area contributed by atoms with E-state index in [-0.39, 0.29) is 11.7 Å². The van der Waals surface area contributed by atoms with Crippen molar-refractivity contribution in [2.24, 2.45) is 10.9 Å². The first-order chi connectivity index (χ1) is 7.99. The lowest BCUT2D eigenvalue weighted by atomic mass is 10.1. The second-order valence-corrected chi connectivity index (χ2v) is 4.00. The molecule has 1 atom stereocenters. The first kappa shape index (κ1) is 13.3. The number of hydrogen-bond acceptors (Lipinski definition) is 3. The lowest BCUT2D eigenvalue weighted by Gasteiger charge is -2.24. The summed E-state index contributed by atoms with van der Waals surface area (Å²) >= 11 is 5.92. The summed E-state index contributed by atoms with van der Waals surface area (Å²) in [6.07, 6.45) is 0. The van der Waals surface area contributed by atoms with Crippen molar-refractivity contribution in [3.63, 3.8) is 0 Å². The van der Waals surface area contributed by atoms with Gasteiger partial charge in [-0.15, -0.1) is 0 Å². The fourth-order valence-electron chi connectivity index (χ4n) is 1.28. The van der Waals surface area contributed by atoms with Crippen LogP contribution in [0.2, 0.25) is 5.02 Å². The number of nitrogens with two attached hydrogens (primary N) is 1. The van der Waals surface area contributed by atoms with Gasteiger partial charge in [0.15, 0.2) is 5.84 Å². The Kier molecular flexibility index (Phi) is 4.34. The summed E-state index contributed by atoms with van der Waals surface area (Å²) < 4.78 is 0. The third-order valence-electron chi connectivity index (χ3n) is 2.55. The topological polar surface area (TPSA) is 78.9 Å². The van der Waals surface area contributed by atoms with Crippen molar-refractivity contribution in [2.75, 3.05) is 7.05 Å². The summed E-state index contributed by atoms with van der Waals surface area (Å²) in [7, 11) is 1.56. The van der Waals surface area contributed by atoms with Crippen molar-refractivity contribution in [2.45, 2.75) is 13.0 Å². The second kappa shape index (κ2) is 5.54. The number of likely N-dealkylation sites (N-methyl/N-ethyl adjacent to an activating group) is 1. The van der Waals surface area contributed by atoms with Gasteiger partial charge in [-0.1, -0.05) is 28.9 Å². The molecule has 0 saturated heterocycles. The van der Waals surface area contributed by atoms with Gasteiger partial charge in [0.1, 0.15) is 0 Å². The van der Waals surface area contributed by atoms with Gasteiger partial charge < -0.3 is 15.8 Å². The van der Waals surface area contributed by atoms with Crippen LogP contribution in [0.1, 0.15) is 17.3 Å². The van der Waals surface area contributed by atoms with Crippen molar-refractivity contribution in [3.05, 3.63) is 34.9 Å². The van der Waals surface area contributed by atoms with Gasteiger partial charge in [-0.05, 0) is 19.1 Å². The van der Waals surface area contributed by atoms with Crippen molar-refractivity contribution >= 4 is 23.3 Å². The maximum absolute atomic E-state index is 12.1. The van der Waals surface area contributed by atoms with Crippen LogP contribution in [0.5, 0.6) is 0 Å². The summed E-state index contributed by atoms with van der Waals surface area (Å²) in [5.74, 6) is -0.317. The van der Waals surface area contributed by atoms with E-state index in [1.54, 1.807) is 38.2 Å². The third-order valence-corrected chi connectivity index (χ3v) is 2.88. The second-order valence-electron chi connectivity index (χ2n) is 3.60. The molecular weight excluding hydrogens is 242 g/mol. The maximum Gasteiger partial charge on any atom is 0.255 e. The van der Waals surface area contributed by atoms with E-state index in [0.29, 0.717) is 10.6 Å². The van der Waals surface area contributed by atoms with E-state index >= 15 is 0 Å². The number of amides is 1. The fraction of sp³-hybridized carbons (Fsp3) is 0.273. The highest BCUT2D eigenvalue weighted by molar-refractivity contribution is 6.33. The standard InChI is InChI=1S/C11H14ClN3O2/c1-7(10(13)14-17)15(2)11(16)8-5-3-4-6-9(8)12/h3-7,17H,1-2H3,(H2,13,14). The molecule has 0 heterocycles. The highest BCUT2D eigenvalue weighted by Crippen LogP contribution is 2.17. The number of carbonyl (C=O) groups excluding carboxylic acids is 1. The molecule has 1 aromatic rings. The minimum absolute atomic E-state index is 0.0343. The van der Waals surface area contributed by atoms with E-state index in [2.05, 4.69) is 5.16 Å². The van der Waals surface area contributed by atoms with Crippen LogP contribution in [0.25, 0.3) is 0 Å². The zero-order valence-corrected chi connectivity index (χ0v) is 10.3. The Morgan fingerprint density at radius 1 is 1.53 bits per heavy atom. The molecule has 0 aliphatic heterocycles. The van der Waals surface area contributed by atoms with Crippen molar-refractivity contribution in [1.29, 1.82) is 0 Å². The number of amidine groups is 1. The van der Waals surface area contributed by atoms with Crippen molar-refractivity contribution in [1.82, 2.24) is 4.90 Å². The minimum Gasteiger partial charge on any atom is -0.409 e. The number of benzene rings is 1. The van der Waals surface area contributed by atoms with Gasteiger partial charge in [0.25, 0.3) is 5.91 Å². The summed E-state index contributed by atoms with van der Waals surface area (Å²) in [5, 5.41) is 11.8. The maximum atomic E-state index is 12.1. The van der Waals surface area contributed by atoms with Gasteiger partial charge in [0, 0.05) is 7.05 Å². The summed E-state index contributed by atoms with van der Waals surface area (Å²) in [6, 6.07) is 6.22. The lowest BCUT2D eigenvalue weighted by Crippen LogP contribution is -2.43. The Labute approximate surface area is 104 Å². The van der Waals surface area contributed by atoms with E-state index in [1.165, 1.54) is 4.90 Å².